The Bertz CT molecular complexity index is 963. The molecule has 3 heterocycles. The van der Waals surface area contributed by atoms with Gasteiger partial charge < -0.3 is 9.26 Å². The summed E-state index contributed by atoms with van der Waals surface area (Å²) in [7, 11) is 0. The Morgan fingerprint density at radius 3 is 2.92 bits per heavy atom. The third-order valence-corrected chi connectivity index (χ3v) is 5.22. The number of nitrogens with zero attached hydrogens (tertiary/aromatic N) is 3. The fraction of sp³-hybridized carbons (Fsp3) is 0.333. The Morgan fingerprint density at radius 1 is 1.31 bits per heavy atom. The zero-order valence-electron chi connectivity index (χ0n) is 14.6. The molecule has 1 aliphatic rings. The standard InChI is InChI=1S/C18H18N4O3S/c1-9(2)17-20-21-18(26-17)19-16(23)13-8-15(25-22-13)11-4-5-14-12(7-11)6-10(3)24-14/h4-5,7-10H,6H2,1-3H3,(H,19,21,23)/t10-/m0/s1. The lowest BCUT2D eigenvalue weighted by Gasteiger charge is -2.02. The van der Waals surface area contributed by atoms with Crippen LogP contribution in [0.4, 0.5) is 5.13 Å². The Kier molecular flexibility index (Phi) is 4.20. The summed E-state index contributed by atoms with van der Waals surface area (Å²) < 4.78 is 11.1. The summed E-state index contributed by atoms with van der Waals surface area (Å²) in [5.41, 5.74) is 2.20. The molecule has 134 valence electrons. The molecular formula is C18H18N4O3S. The molecule has 26 heavy (non-hydrogen) atoms. The third kappa shape index (κ3) is 3.20. The minimum Gasteiger partial charge on any atom is -0.490 e. The van der Waals surface area contributed by atoms with E-state index in [9.17, 15) is 4.79 Å². The normalized spacial score (nSPS) is 15.8. The van der Waals surface area contributed by atoms with E-state index in [1.165, 1.54) is 11.3 Å². The van der Waals surface area contributed by atoms with Crippen molar-refractivity contribution in [3.05, 3.63) is 40.5 Å². The number of fused-ring (bicyclic) bond motifs is 1. The maximum absolute atomic E-state index is 12.4. The lowest BCUT2D eigenvalue weighted by Crippen LogP contribution is -2.11. The van der Waals surface area contributed by atoms with E-state index in [-0.39, 0.29) is 23.6 Å². The van der Waals surface area contributed by atoms with E-state index >= 15 is 0 Å². The molecule has 7 nitrogen and oxygen atoms in total. The fourth-order valence-electron chi connectivity index (χ4n) is 2.77. The number of aromatic nitrogens is 3. The average Bonchev–Trinajstić information content (AvgIpc) is 3.32. The monoisotopic (exact) mass is 370 g/mol. The highest BCUT2D eigenvalue weighted by Crippen LogP contribution is 2.33. The number of hydrogen-bond acceptors (Lipinski definition) is 7. The fourth-order valence-corrected chi connectivity index (χ4v) is 3.51. The number of benzene rings is 1. The quantitative estimate of drug-likeness (QED) is 0.749. The third-order valence-electron chi connectivity index (χ3n) is 4.08. The summed E-state index contributed by atoms with van der Waals surface area (Å²) in [6.45, 7) is 6.09. The van der Waals surface area contributed by atoms with Gasteiger partial charge in [0.2, 0.25) is 5.13 Å². The molecular weight excluding hydrogens is 352 g/mol. The topological polar surface area (TPSA) is 90.1 Å². The molecule has 0 fully saturated rings. The highest BCUT2D eigenvalue weighted by Gasteiger charge is 2.21. The van der Waals surface area contributed by atoms with E-state index in [0.717, 1.165) is 28.3 Å². The molecule has 1 atom stereocenters. The first-order valence-corrected chi connectivity index (χ1v) is 9.22. The van der Waals surface area contributed by atoms with Crippen LogP contribution in [0.25, 0.3) is 11.3 Å². The van der Waals surface area contributed by atoms with Gasteiger partial charge in [0.25, 0.3) is 5.91 Å². The highest BCUT2D eigenvalue weighted by molar-refractivity contribution is 7.15. The Morgan fingerprint density at radius 2 is 2.15 bits per heavy atom. The second kappa shape index (κ2) is 6.53. The summed E-state index contributed by atoms with van der Waals surface area (Å²) in [6.07, 6.45) is 1.04. The van der Waals surface area contributed by atoms with Gasteiger partial charge in [0.15, 0.2) is 11.5 Å². The van der Waals surface area contributed by atoms with Crippen molar-refractivity contribution in [3.8, 4) is 17.1 Å². The van der Waals surface area contributed by atoms with Gasteiger partial charge in [-0.1, -0.05) is 30.3 Å². The van der Waals surface area contributed by atoms with Crippen molar-refractivity contribution in [2.45, 2.75) is 39.2 Å². The molecule has 0 saturated heterocycles. The number of carbonyl (C=O) groups excluding carboxylic acids is 1. The molecule has 8 heteroatoms. The van der Waals surface area contributed by atoms with Crippen molar-refractivity contribution in [3.63, 3.8) is 0 Å². The Hall–Kier alpha value is -2.74. The van der Waals surface area contributed by atoms with E-state index in [0.29, 0.717) is 10.9 Å². The van der Waals surface area contributed by atoms with Crippen LogP contribution in [0.5, 0.6) is 5.75 Å². The predicted molar refractivity (Wildman–Crippen MR) is 97.7 cm³/mol. The lowest BCUT2D eigenvalue weighted by atomic mass is 10.1. The van der Waals surface area contributed by atoms with Crippen LogP contribution < -0.4 is 10.1 Å². The predicted octanol–water partition coefficient (Wildman–Crippen LogP) is 3.89. The van der Waals surface area contributed by atoms with Crippen LogP contribution in [0, 0.1) is 0 Å². The average molecular weight is 370 g/mol. The van der Waals surface area contributed by atoms with Crippen LogP contribution >= 0.6 is 11.3 Å². The van der Waals surface area contributed by atoms with E-state index in [1.807, 2.05) is 39.0 Å². The molecule has 1 amide bonds. The lowest BCUT2D eigenvalue weighted by molar-refractivity contribution is 0.101. The van der Waals surface area contributed by atoms with Gasteiger partial charge in [0.05, 0.1) is 0 Å². The number of carbonyl (C=O) groups is 1. The molecule has 1 aliphatic heterocycles. The van der Waals surface area contributed by atoms with Gasteiger partial charge in [-0.3, -0.25) is 10.1 Å². The van der Waals surface area contributed by atoms with Crippen molar-refractivity contribution >= 4 is 22.4 Å². The zero-order valence-corrected chi connectivity index (χ0v) is 15.5. The summed E-state index contributed by atoms with van der Waals surface area (Å²) in [4.78, 5) is 12.4. The first-order valence-electron chi connectivity index (χ1n) is 8.41. The van der Waals surface area contributed by atoms with Gasteiger partial charge in [0, 0.05) is 24.0 Å². The molecule has 0 spiro atoms. The summed E-state index contributed by atoms with van der Waals surface area (Å²) in [5, 5.41) is 15.9. The molecule has 2 aromatic heterocycles. The number of rotatable bonds is 4. The molecule has 1 N–H and O–H groups in total. The van der Waals surface area contributed by atoms with Gasteiger partial charge >= 0.3 is 0 Å². The van der Waals surface area contributed by atoms with Gasteiger partial charge in [-0.05, 0) is 30.7 Å². The van der Waals surface area contributed by atoms with E-state index in [4.69, 9.17) is 9.26 Å². The van der Waals surface area contributed by atoms with Crippen LogP contribution in [0.15, 0.2) is 28.8 Å². The summed E-state index contributed by atoms with van der Waals surface area (Å²) in [5.74, 6) is 1.33. The minimum absolute atomic E-state index is 0.180. The minimum atomic E-state index is -0.371. The highest BCUT2D eigenvalue weighted by atomic mass is 32.1. The summed E-state index contributed by atoms with van der Waals surface area (Å²) >= 11 is 1.35. The molecule has 1 aromatic carbocycles. The first-order chi connectivity index (χ1) is 12.5. The van der Waals surface area contributed by atoms with Crippen molar-refractivity contribution < 1.29 is 14.1 Å². The molecule has 3 aromatic rings. The molecule has 0 radical (unpaired) electrons. The number of nitrogens with one attached hydrogen (secondary N) is 1. The van der Waals surface area contributed by atoms with Gasteiger partial charge in [-0.25, -0.2) is 0 Å². The second-order valence-electron chi connectivity index (χ2n) is 6.59. The van der Waals surface area contributed by atoms with Gasteiger partial charge in [-0.15, -0.1) is 10.2 Å². The van der Waals surface area contributed by atoms with E-state index < -0.39 is 0 Å². The van der Waals surface area contributed by atoms with Gasteiger partial charge in [0.1, 0.15) is 16.9 Å². The maximum atomic E-state index is 12.4. The molecule has 4 rings (SSSR count). The van der Waals surface area contributed by atoms with Crippen molar-refractivity contribution in [2.75, 3.05) is 5.32 Å². The molecule has 0 saturated carbocycles. The first kappa shape index (κ1) is 16.7. The van der Waals surface area contributed by atoms with E-state index in [2.05, 4.69) is 20.7 Å². The van der Waals surface area contributed by atoms with Crippen LogP contribution in [0.2, 0.25) is 0 Å². The van der Waals surface area contributed by atoms with Crippen LogP contribution in [-0.2, 0) is 6.42 Å². The van der Waals surface area contributed by atoms with Crippen LogP contribution in [-0.4, -0.2) is 27.4 Å². The Labute approximate surface area is 154 Å². The van der Waals surface area contributed by atoms with Crippen molar-refractivity contribution in [1.82, 2.24) is 15.4 Å². The van der Waals surface area contributed by atoms with Crippen LogP contribution in [0.3, 0.4) is 0 Å². The molecule has 0 aliphatic carbocycles. The Balaban J connectivity index is 1.50. The smallest absolute Gasteiger partial charge is 0.279 e. The van der Waals surface area contributed by atoms with Crippen LogP contribution in [0.1, 0.15) is 47.7 Å². The number of ether oxygens (including phenoxy) is 1. The number of amides is 1. The number of hydrogen-bond donors (Lipinski definition) is 1. The van der Waals surface area contributed by atoms with Crippen molar-refractivity contribution in [1.29, 1.82) is 0 Å². The maximum Gasteiger partial charge on any atom is 0.279 e. The van der Waals surface area contributed by atoms with Gasteiger partial charge in [-0.2, -0.15) is 0 Å². The summed E-state index contributed by atoms with van der Waals surface area (Å²) in [6, 6.07) is 7.46. The molecule has 0 bridgehead atoms. The number of anilines is 1. The SMILES string of the molecule is CC(C)c1nnc(NC(=O)c2cc(-c3ccc4c(c3)C[C@H](C)O4)on2)s1. The molecule has 0 unspecified atom stereocenters. The van der Waals surface area contributed by atoms with Crippen molar-refractivity contribution in [2.24, 2.45) is 0 Å². The largest absolute Gasteiger partial charge is 0.490 e. The second-order valence-corrected chi connectivity index (χ2v) is 7.59. The van der Waals surface area contributed by atoms with E-state index in [1.54, 1.807) is 6.07 Å². The zero-order chi connectivity index (χ0) is 18.3.